The molecular formula is C46H81NO. The minimum atomic E-state index is 0.323. The van der Waals surface area contributed by atoms with Crippen LogP contribution in [0.25, 0.3) is 0 Å². The molecule has 0 heterocycles. The summed E-state index contributed by atoms with van der Waals surface area (Å²) in [6.45, 7) is 4.45. The van der Waals surface area contributed by atoms with Gasteiger partial charge in [-0.05, 0) is 103 Å². The molecule has 276 valence electrons. The molecule has 1 aliphatic rings. The molecule has 3 unspecified atom stereocenters. The fourth-order valence-electron chi connectivity index (χ4n) is 7.17. The van der Waals surface area contributed by atoms with Gasteiger partial charge in [0.25, 0.3) is 0 Å². The standard InChI is InChI=1S/C46H81NO/c1-5-7-9-11-13-15-17-19-21-23-25-27-29-31-33-35-37-43(41-46(48)44-39-40-45(42-44)47(3)4)38-36-34-32-30-28-26-24-22-20-18-16-14-12-10-8-6-2/h7,9,13-16,19-22,43-45H,5-6,8,10-12,17-18,23-42H2,1-4H3/b9-7-,15-13-,16-14-,21-19-,22-20-. The Kier molecular flexibility index (Phi) is 31.2. The molecule has 1 fully saturated rings. The smallest absolute Gasteiger partial charge is 0.136 e. The summed E-state index contributed by atoms with van der Waals surface area (Å²) in [6.07, 6.45) is 58.1. The Morgan fingerprint density at radius 3 is 1.46 bits per heavy atom. The third kappa shape index (κ3) is 27.2. The van der Waals surface area contributed by atoms with Crippen LogP contribution in [-0.2, 0) is 4.79 Å². The number of hydrogen-bond acceptors (Lipinski definition) is 2. The van der Waals surface area contributed by atoms with Crippen LogP contribution in [0.3, 0.4) is 0 Å². The van der Waals surface area contributed by atoms with Crippen molar-refractivity contribution in [3.63, 3.8) is 0 Å². The number of hydrogen-bond donors (Lipinski definition) is 0. The molecule has 1 saturated carbocycles. The minimum Gasteiger partial charge on any atom is -0.306 e. The summed E-state index contributed by atoms with van der Waals surface area (Å²) in [4.78, 5) is 15.7. The molecular weight excluding hydrogens is 583 g/mol. The van der Waals surface area contributed by atoms with Gasteiger partial charge in [0.1, 0.15) is 5.78 Å². The van der Waals surface area contributed by atoms with E-state index in [0.717, 1.165) is 44.9 Å². The van der Waals surface area contributed by atoms with E-state index in [4.69, 9.17) is 0 Å². The summed E-state index contributed by atoms with van der Waals surface area (Å²) in [6, 6.07) is 0.607. The van der Waals surface area contributed by atoms with Gasteiger partial charge in [-0.2, -0.15) is 0 Å². The Bertz CT molecular complexity index is 861. The third-order valence-corrected chi connectivity index (χ3v) is 10.4. The molecule has 0 saturated heterocycles. The number of carbonyl (C=O) groups excluding carboxylic acids is 1. The van der Waals surface area contributed by atoms with E-state index in [1.807, 2.05) is 0 Å². The van der Waals surface area contributed by atoms with Crippen LogP contribution >= 0.6 is 0 Å². The van der Waals surface area contributed by atoms with Crippen molar-refractivity contribution in [1.29, 1.82) is 0 Å². The van der Waals surface area contributed by atoms with Crippen LogP contribution in [0, 0.1) is 11.8 Å². The van der Waals surface area contributed by atoms with Crippen LogP contribution in [0.15, 0.2) is 60.8 Å². The molecule has 0 aliphatic heterocycles. The van der Waals surface area contributed by atoms with E-state index in [0.29, 0.717) is 23.7 Å². The van der Waals surface area contributed by atoms with Crippen LogP contribution in [0.2, 0.25) is 0 Å². The molecule has 1 aliphatic carbocycles. The topological polar surface area (TPSA) is 20.3 Å². The Morgan fingerprint density at radius 1 is 0.562 bits per heavy atom. The van der Waals surface area contributed by atoms with Crippen LogP contribution in [0.5, 0.6) is 0 Å². The SMILES string of the molecule is CC/C=C\C/C=C\C/C=C\CCCCCCCCC(CCCCCCCC/C=C\C/C=C\CCCCC)CC(=O)C1CCC(N(C)C)C1. The van der Waals surface area contributed by atoms with Gasteiger partial charge in [0.05, 0.1) is 0 Å². The number of rotatable bonds is 33. The molecule has 48 heavy (non-hydrogen) atoms. The average Bonchev–Trinajstić information content (AvgIpc) is 3.59. The van der Waals surface area contributed by atoms with E-state index >= 15 is 0 Å². The van der Waals surface area contributed by atoms with Crippen LogP contribution < -0.4 is 0 Å². The zero-order valence-corrected chi connectivity index (χ0v) is 32.7. The van der Waals surface area contributed by atoms with Gasteiger partial charge in [-0.3, -0.25) is 4.79 Å². The number of unbranched alkanes of at least 4 members (excludes halogenated alkanes) is 15. The Labute approximate surface area is 301 Å². The molecule has 0 aromatic heterocycles. The zero-order chi connectivity index (χ0) is 34.8. The second-order valence-corrected chi connectivity index (χ2v) is 15.0. The first-order valence-corrected chi connectivity index (χ1v) is 21.0. The lowest BCUT2D eigenvalue weighted by molar-refractivity contribution is -0.123. The van der Waals surface area contributed by atoms with Crippen molar-refractivity contribution >= 4 is 5.78 Å². The van der Waals surface area contributed by atoms with E-state index in [9.17, 15) is 4.79 Å². The second-order valence-electron chi connectivity index (χ2n) is 15.0. The highest BCUT2D eigenvalue weighted by atomic mass is 16.1. The van der Waals surface area contributed by atoms with E-state index in [2.05, 4.69) is 93.6 Å². The molecule has 0 N–H and O–H groups in total. The summed E-state index contributed by atoms with van der Waals surface area (Å²) in [5.74, 6) is 1.52. The van der Waals surface area contributed by atoms with Crippen LogP contribution in [0.4, 0.5) is 0 Å². The number of nitrogens with zero attached hydrogens (tertiary/aromatic N) is 1. The Hall–Kier alpha value is -1.67. The number of allylic oxidation sites excluding steroid dienone is 10. The highest BCUT2D eigenvalue weighted by Gasteiger charge is 2.31. The molecule has 0 bridgehead atoms. The summed E-state index contributed by atoms with van der Waals surface area (Å²) < 4.78 is 0. The lowest BCUT2D eigenvalue weighted by Gasteiger charge is -2.20. The van der Waals surface area contributed by atoms with Crippen molar-refractivity contribution in [2.75, 3.05) is 14.1 Å². The molecule has 1 rings (SSSR count). The van der Waals surface area contributed by atoms with Gasteiger partial charge in [0.2, 0.25) is 0 Å². The van der Waals surface area contributed by atoms with E-state index in [-0.39, 0.29) is 0 Å². The summed E-state index contributed by atoms with van der Waals surface area (Å²) in [5.41, 5.74) is 0. The monoisotopic (exact) mass is 664 g/mol. The number of carbonyl (C=O) groups is 1. The number of ketones is 1. The van der Waals surface area contributed by atoms with E-state index in [1.165, 1.54) is 135 Å². The molecule has 0 aromatic rings. The van der Waals surface area contributed by atoms with Gasteiger partial charge in [0, 0.05) is 18.4 Å². The fraction of sp³-hybridized carbons (Fsp3) is 0.761. The van der Waals surface area contributed by atoms with E-state index < -0.39 is 0 Å². The third-order valence-electron chi connectivity index (χ3n) is 10.4. The largest absolute Gasteiger partial charge is 0.306 e. The van der Waals surface area contributed by atoms with Crippen LogP contribution in [-0.4, -0.2) is 30.8 Å². The van der Waals surface area contributed by atoms with Gasteiger partial charge in [-0.25, -0.2) is 0 Å². The van der Waals surface area contributed by atoms with Gasteiger partial charge >= 0.3 is 0 Å². The van der Waals surface area contributed by atoms with Gasteiger partial charge < -0.3 is 4.90 Å². The molecule has 0 amide bonds. The lowest BCUT2D eigenvalue weighted by Crippen LogP contribution is -2.26. The summed E-state index contributed by atoms with van der Waals surface area (Å²) >= 11 is 0. The molecule has 0 aromatic carbocycles. The van der Waals surface area contributed by atoms with Crippen molar-refractivity contribution in [2.45, 2.75) is 200 Å². The number of Topliss-reactive ketones (excluding diaryl/α,β-unsaturated/α-hetero) is 1. The van der Waals surface area contributed by atoms with Crippen molar-refractivity contribution < 1.29 is 4.79 Å². The highest BCUT2D eigenvalue weighted by molar-refractivity contribution is 5.81. The normalized spacial score (nSPS) is 17.9. The first kappa shape index (κ1) is 44.4. The summed E-state index contributed by atoms with van der Waals surface area (Å²) in [5, 5.41) is 0. The lowest BCUT2D eigenvalue weighted by atomic mass is 9.86. The van der Waals surface area contributed by atoms with Crippen molar-refractivity contribution in [3.8, 4) is 0 Å². The Balaban J connectivity index is 2.21. The summed E-state index contributed by atoms with van der Waals surface area (Å²) in [7, 11) is 4.35. The maximum atomic E-state index is 13.3. The van der Waals surface area contributed by atoms with Crippen molar-refractivity contribution in [2.24, 2.45) is 11.8 Å². The van der Waals surface area contributed by atoms with Crippen molar-refractivity contribution in [3.05, 3.63) is 60.8 Å². The van der Waals surface area contributed by atoms with E-state index in [1.54, 1.807) is 0 Å². The van der Waals surface area contributed by atoms with Crippen LogP contribution in [0.1, 0.15) is 194 Å². The van der Waals surface area contributed by atoms with Gasteiger partial charge in [-0.1, -0.05) is 164 Å². The predicted molar refractivity (Wildman–Crippen MR) is 216 cm³/mol. The fourth-order valence-corrected chi connectivity index (χ4v) is 7.17. The zero-order valence-electron chi connectivity index (χ0n) is 32.7. The van der Waals surface area contributed by atoms with Gasteiger partial charge in [-0.15, -0.1) is 0 Å². The quantitative estimate of drug-likeness (QED) is 0.0514. The second kappa shape index (κ2) is 33.8. The predicted octanol–water partition coefficient (Wildman–Crippen LogP) is 14.5. The molecule has 2 heteroatoms. The maximum absolute atomic E-state index is 13.3. The molecule has 3 atom stereocenters. The molecule has 0 radical (unpaired) electrons. The maximum Gasteiger partial charge on any atom is 0.136 e. The minimum absolute atomic E-state index is 0.323. The highest BCUT2D eigenvalue weighted by Crippen LogP contribution is 2.32. The van der Waals surface area contributed by atoms with Crippen molar-refractivity contribution in [1.82, 2.24) is 4.90 Å². The average molecular weight is 664 g/mol. The first-order valence-electron chi connectivity index (χ1n) is 21.0. The molecule has 2 nitrogen and oxygen atoms in total. The first-order chi connectivity index (χ1) is 23.6. The van der Waals surface area contributed by atoms with Gasteiger partial charge in [0.15, 0.2) is 0 Å². The molecule has 0 spiro atoms. The Morgan fingerprint density at radius 2 is 1.00 bits per heavy atom.